The molecule has 0 atom stereocenters. The molecule has 0 unspecified atom stereocenters. The molecule has 0 aliphatic heterocycles. The Hall–Kier alpha value is -1.90. The zero-order valence-corrected chi connectivity index (χ0v) is 10.6. The molecule has 0 fully saturated rings. The summed E-state index contributed by atoms with van der Waals surface area (Å²) in [5, 5.41) is 1.05. The van der Waals surface area contributed by atoms with Crippen LogP contribution in [0.1, 0.15) is 21.5 Å². The topological polar surface area (TPSA) is 33.2 Å². The highest BCUT2D eigenvalue weighted by molar-refractivity contribution is 5.92. The number of benzene rings is 1. The Morgan fingerprint density at radius 3 is 2.41 bits per heavy atom. The first kappa shape index (κ1) is 11.6. The molecule has 0 N–H and O–H groups in total. The molecular formula is C14H16N2O. The van der Waals surface area contributed by atoms with Gasteiger partial charge in [-0.2, -0.15) is 0 Å². The monoisotopic (exact) mass is 228 g/mol. The number of nitrogens with zero attached hydrogens (tertiary/aromatic N) is 2. The summed E-state index contributed by atoms with van der Waals surface area (Å²) in [6.45, 7) is 4.03. The molecule has 0 radical (unpaired) electrons. The maximum absolute atomic E-state index is 10.9. The molecule has 2 aromatic rings. The number of hydrogen-bond acceptors (Lipinski definition) is 3. The molecule has 0 bridgehead atoms. The van der Waals surface area contributed by atoms with Crippen molar-refractivity contribution in [3.05, 3.63) is 34.9 Å². The highest BCUT2D eigenvalue weighted by Gasteiger charge is 2.08. The SMILES string of the molecule is Cc1cc(N(C)C)nc2c(C)cc(C=O)cc12. The predicted octanol–water partition coefficient (Wildman–Crippen LogP) is 2.73. The van der Waals surface area contributed by atoms with Crippen molar-refractivity contribution in [3.63, 3.8) is 0 Å². The number of aldehydes is 1. The number of fused-ring (bicyclic) bond motifs is 1. The number of aryl methyl sites for hydroxylation is 2. The van der Waals surface area contributed by atoms with E-state index >= 15 is 0 Å². The number of anilines is 1. The average molecular weight is 228 g/mol. The zero-order valence-electron chi connectivity index (χ0n) is 10.6. The number of pyridine rings is 1. The molecule has 3 nitrogen and oxygen atoms in total. The van der Waals surface area contributed by atoms with Crippen molar-refractivity contribution in [1.29, 1.82) is 0 Å². The van der Waals surface area contributed by atoms with Gasteiger partial charge < -0.3 is 4.90 Å². The number of carbonyl (C=O) groups excluding carboxylic acids is 1. The van der Waals surface area contributed by atoms with E-state index in [0.717, 1.165) is 34.1 Å². The summed E-state index contributed by atoms with van der Waals surface area (Å²) in [6, 6.07) is 5.81. The fraction of sp³-hybridized carbons (Fsp3) is 0.286. The van der Waals surface area contributed by atoms with Gasteiger partial charge in [0, 0.05) is 25.0 Å². The van der Waals surface area contributed by atoms with Crippen molar-refractivity contribution in [1.82, 2.24) is 4.98 Å². The number of rotatable bonds is 2. The summed E-state index contributed by atoms with van der Waals surface area (Å²) in [4.78, 5) is 17.5. The van der Waals surface area contributed by atoms with Crippen LogP contribution in [0.5, 0.6) is 0 Å². The lowest BCUT2D eigenvalue weighted by Crippen LogP contribution is -2.11. The van der Waals surface area contributed by atoms with Crippen LogP contribution >= 0.6 is 0 Å². The summed E-state index contributed by atoms with van der Waals surface area (Å²) in [6.07, 6.45) is 0.881. The second kappa shape index (κ2) is 4.17. The van der Waals surface area contributed by atoms with Crippen molar-refractivity contribution < 1.29 is 4.79 Å². The Morgan fingerprint density at radius 1 is 1.12 bits per heavy atom. The summed E-state index contributed by atoms with van der Waals surface area (Å²) < 4.78 is 0. The minimum atomic E-state index is 0.706. The van der Waals surface area contributed by atoms with Crippen LogP contribution in [0.25, 0.3) is 10.9 Å². The lowest BCUT2D eigenvalue weighted by Gasteiger charge is -2.14. The van der Waals surface area contributed by atoms with Crippen LogP contribution in [0.15, 0.2) is 18.2 Å². The van der Waals surface area contributed by atoms with Gasteiger partial charge in [-0.15, -0.1) is 0 Å². The molecule has 1 aromatic carbocycles. The lowest BCUT2D eigenvalue weighted by atomic mass is 10.0. The van der Waals surface area contributed by atoms with Crippen molar-refractivity contribution in [2.24, 2.45) is 0 Å². The van der Waals surface area contributed by atoms with E-state index in [9.17, 15) is 4.79 Å². The van der Waals surface area contributed by atoms with Gasteiger partial charge >= 0.3 is 0 Å². The van der Waals surface area contributed by atoms with Crippen LogP contribution in [0.3, 0.4) is 0 Å². The molecule has 0 aliphatic rings. The van der Waals surface area contributed by atoms with Gasteiger partial charge in [-0.05, 0) is 43.2 Å². The molecule has 2 rings (SSSR count). The Balaban J connectivity index is 2.81. The van der Waals surface area contributed by atoms with E-state index in [2.05, 4.69) is 4.98 Å². The standard InChI is InChI=1S/C14H16N2O/c1-9-6-13(16(3)4)15-14-10(2)5-11(8-17)7-12(9)14/h5-8H,1-4H3. The molecule has 1 heterocycles. The minimum Gasteiger partial charge on any atom is -0.363 e. The van der Waals surface area contributed by atoms with Gasteiger partial charge in [0.1, 0.15) is 12.1 Å². The predicted molar refractivity (Wildman–Crippen MR) is 70.9 cm³/mol. The van der Waals surface area contributed by atoms with E-state index in [-0.39, 0.29) is 0 Å². The molecule has 3 heteroatoms. The van der Waals surface area contributed by atoms with Crippen LogP contribution in [0.4, 0.5) is 5.82 Å². The number of hydrogen-bond donors (Lipinski definition) is 0. The largest absolute Gasteiger partial charge is 0.363 e. The van der Waals surface area contributed by atoms with Crippen molar-refractivity contribution >= 4 is 23.0 Å². The molecule has 88 valence electrons. The smallest absolute Gasteiger partial charge is 0.150 e. The maximum atomic E-state index is 10.9. The highest BCUT2D eigenvalue weighted by atomic mass is 16.1. The van der Waals surface area contributed by atoms with Gasteiger partial charge in [-0.25, -0.2) is 4.98 Å². The van der Waals surface area contributed by atoms with E-state index in [0.29, 0.717) is 5.56 Å². The Kier molecular flexibility index (Phi) is 2.84. The summed E-state index contributed by atoms with van der Waals surface area (Å²) >= 11 is 0. The average Bonchev–Trinajstić information content (AvgIpc) is 2.29. The summed E-state index contributed by atoms with van der Waals surface area (Å²) in [5.41, 5.74) is 3.86. The normalized spacial score (nSPS) is 10.6. The fourth-order valence-electron chi connectivity index (χ4n) is 1.97. The number of carbonyl (C=O) groups is 1. The van der Waals surface area contributed by atoms with Crippen LogP contribution in [-0.4, -0.2) is 25.4 Å². The van der Waals surface area contributed by atoms with Gasteiger partial charge in [0.25, 0.3) is 0 Å². The van der Waals surface area contributed by atoms with Crippen molar-refractivity contribution in [3.8, 4) is 0 Å². The van der Waals surface area contributed by atoms with Gasteiger partial charge in [-0.1, -0.05) is 0 Å². The Morgan fingerprint density at radius 2 is 1.82 bits per heavy atom. The second-order valence-electron chi connectivity index (χ2n) is 4.54. The van der Waals surface area contributed by atoms with Gasteiger partial charge in [0.05, 0.1) is 5.52 Å². The van der Waals surface area contributed by atoms with E-state index in [4.69, 9.17) is 0 Å². The molecule has 0 aliphatic carbocycles. The van der Waals surface area contributed by atoms with Crippen molar-refractivity contribution in [2.75, 3.05) is 19.0 Å². The first-order valence-corrected chi connectivity index (χ1v) is 5.57. The summed E-state index contributed by atoms with van der Waals surface area (Å²) in [5.74, 6) is 0.942. The van der Waals surface area contributed by atoms with E-state index in [1.165, 1.54) is 0 Å². The maximum Gasteiger partial charge on any atom is 0.150 e. The number of aromatic nitrogens is 1. The quantitative estimate of drug-likeness (QED) is 0.741. The first-order chi connectivity index (χ1) is 8.02. The molecule has 0 spiro atoms. The van der Waals surface area contributed by atoms with E-state index in [1.807, 2.05) is 51.0 Å². The molecule has 0 saturated carbocycles. The molecular weight excluding hydrogens is 212 g/mol. The molecule has 1 aromatic heterocycles. The van der Waals surface area contributed by atoms with E-state index < -0.39 is 0 Å². The van der Waals surface area contributed by atoms with Gasteiger partial charge in [0.15, 0.2) is 0 Å². The molecule has 0 saturated heterocycles. The third-order valence-corrected chi connectivity index (χ3v) is 2.91. The van der Waals surface area contributed by atoms with Crippen molar-refractivity contribution in [2.45, 2.75) is 13.8 Å². The van der Waals surface area contributed by atoms with Crippen LogP contribution < -0.4 is 4.90 Å². The van der Waals surface area contributed by atoms with Gasteiger partial charge in [0.2, 0.25) is 0 Å². The summed E-state index contributed by atoms with van der Waals surface area (Å²) in [7, 11) is 3.95. The van der Waals surface area contributed by atoms with Crippen LogP contribution in [0, 0.1) is 13.8 Å². The Labute approximate surface area is 101 Å². The minimum absolute atomic E-state index is 0.706. The van der Waals surface area contributed by atoms with Gasteiger partial charge in [-0.3, -0.25) is 4.79 Å². The third-order valence-electron chi connectivity index (χ3n) is 2.91. The fourth-order valence-corrected chi connectivity index (χ4v) is 1.97. The molecule has 17 heavy (non-hydrogen) atoms. The third kappa shape index (κ3) is 2.00. The highest BCUT2D eigenvalue weighted by Crippen LogP contribution is 2.25. The van der Waals surface area contributed by atoms with Crippen LogP contribution in [0.2, 0.25) is 0 Å². The second-order valence-corrected chi connectivity index (χ2v) is 4.54. The lowest BCUT2D eigenvalue weighted by molar-refractivity contribution is 0.112. The van der Waals surface area contributed by atoms with Crippen LogP contribution in [-0.2, 0) is 0 Å². The molecule has 0 amide bonds. The first-order valence-electron chi connectivity index (χ1n) is 5.57. The van der Waals surface area contributed by atoms with E-state index in [1.54, 1.807) is 0 Å². The Bertz CT molecular complexity index is 588. The zero-order chi connectivity index (χ0) is 12.6.